The molecule has 224 valence electrons. The first kappa shape index (κ1) is 35.5. The number of nitrogens with one attached hydrogen (secondary N) is 1. The second-order valence-corrected chi connectivity index (χ2v) is 11.8. The molecule has 1 rings (SSSR count). The number of carbonyl (C=O) groups is 1. The van der Waals surface area contributed by atoms with E-state index in [0.29, 0.717) is 19.7 Å². The smallest absolute Gasteiger partial charge is 0.407 e. The SMILES string of the molecule is CCCCCCCCCCCCCCCCCCNC(=O)OCC(COP(O)OCCN1C=CSC1)OC. The van der Waals surface area contributed by atoms with Gasteiger partial charge in [0.2, 0.25) is 0 Å². The molecule has 0 aromatic rings. The van der Waals surface area contributed by atoms with Gasteiger partial charge in [0.05, 0.1) is 19.1 Å². The molecule has 1 amide bonds. The van der Waals surface area contributed by atoms with E-state index in [1.807, 2.05) is 11.6 Å². The number of ether oxygens (including phenoxy) is 2. The second-order valence-electron chi connectivity index (χ2n) is 9.95. The first-order valence-corrected chi connectivity index (χ1v) is 17.0. The van der Waals surface area contributed by atoms with Crippen LogP contribution in [-0.4, -0.2) is 67.9 Å². The summed E-state index contributed by atoms with van der Waals surface area (Å²) >= 11 is 1.72. The molecule has 0 spiro atoms. The van der Waals surface area contributed by atoms with E-state index in [-0.39, 0.29) is 13.2 Å². The van der Waals surface area contributed by atoms with E-state index in [4.69, 9.17) is 18.5 Å². The van der Waals surface area contributed by atoms with Crippen LogP contribution < -0.4 is 5.32 Å². The zero-order valence-corrected chi connectivity index (χ0v) is 25.8. The van der Waals surface area contributed by atoms with Crippen molar-refractivity contribution in [1.82, 2.24) is 10.2 Å². The average Bonchev–Trinajstić information content (AvgIpc) is 3.44. The molecule has 0 saturated heterocycles. The molecule has 2 unspecified atom stereocenters. The summed E-state index contributed by atoms with van der Waals surface area (Å²) in [5.41, 5.74) is 0. The predicted molar refractivity (Wildman–Crippen MR) is 159 cm³/mol. The highest BCUT2D eigenvalue weighted by Gasteiger charge is 2.16. The summed E-state index contributed by atoms with van der Waals surface area (Å²) in [6.07, 6.45) is 22.4. The van der Waals surface area contributed by atoms with Gasteiger partial charge in [0.25, 0.3) is 0 Å². The Morgan fingerprint density at radius 1 is 0.921 bits per heavy atom. The van der Waals surface area contributed by atoms with Gasteiger partial charge in [-0.15, -0.1) is 11.8 Å². The van der Waals surface area contributed by atoms with Gasteiger partial charge in [0.15, 0.2) is 0 Å². The Morgan fingerprint density at radius 2 is 1.50 bits per heavy atom. The molecule has 38 heavy (non-hydrogen) atoms. The zero-order chi connectivity index (χ0) is 27.5. The summed E-state index contributed by atoms with van der Waals surface area (Å²) < 4.78 is 21.1. The molecular formula is C28H55N2O6PS. The lowest BCUT2D eigenvalue weighted by Gasteiger charge is -2.19. The number of hydrogen-bond donors (Lipinski definition) is 2. The molecule has 8 nitrogen and oxygen atoms in total. The quantitative estimate of drug-likeness (QED) is 0.0756. The van der Waals surface area contributed by atoms with Crippen LogP contribution in [0.4, 0.5) is 4.79 Å². The topological polar surface area (TPSA) is 89.5 Å². The Bertz CT molecular complexity index is 575. The van der Waals surface area contributed by atoms with Crippen molar-refractivity contribution in [2.75, 3.05) is 45.9 Å². The van der Waals surface area contributed by atoms with Crippen LogP contribution in [-0.2, 0) is 18.5 Å². The van der Waals surface area contributed by atoms with Gasteiger partial charge in [0, 0.05) is 26.4 Å². The third kappa shape index (κ3) is 22.3. The van der Waals surface area contributed by atoms with Gasteiger partial charge in [-0.05, 0) is 11.8 Å². The summed E-state index contributed by atoms with van der Waals surface area (Å²) in [4.78, 5) is 23.9. The summed E-state index contributed by atoms with van der Waals surface area (Å²) in [7, 11) is -0.468. The number of nitrogens with zero attached hydrogens (tertiary/aromatic N) is 1. The Labute approximate surface area is 237 Å². The minimum Gasteiger partial charge on any atom is -0.447 e. The number of carbonyl (C=O) groups excluding carboxylic acids is 1. The van der Waals surface area contributed by atoms with Crippen LogP contribution in [0.2, 0.25) is 0 Å². The van der Waals surface area contributed by atoms with Crippen LogP contribution in [0.1, 0.15) is 110 Å². The standard InChI is InChI=1S/C28H55N2O6PS/c1-3-4-5-6-7-8-9-10-11-12-13-14-15-16-17-18-19-29-28(31)34-24-27(33-2)25-36-37(32)35-22-20-30-21-23-38-26-30/h21,23,27,32H,3-20,22,24-26H2,1-2H3,(H,29,31). The zero-order valence-electron chi connectivity index (χ0n) is 24.1. The van der Waals surface area contributed by atoms with Crippen molar-refractivity contribution in [2.24, 2.45) is 0 Å². The summed E-state index contributed by atoms with van der Waals surface area (Å²) in [6.45, 7) is 4.11. The lowest BCUT2D eigenvalue weighted by Crippen LogP contribution is -2.31. The average molecular weight is 579 g/mol. The second kappa shape index (κ2) is 26.6. The maximum atomic E-state index is 11.9. The van der Waals surface area contributed by atoms with Gasteiger partial charge in [-0.3, -0.25) is 0 Å². The minimum atomic E-state index is -1.99. The first-order chi connectivity index (χ1) is 18.7. The maximum absolute atomic E-state index is 11.9. The van der Waals surface area contributed by atoms with Crippen LogP contribution in [0.25, 0.3) is 0 Å². The predicted octanol–water partition coefficient (Wildman–Crippen LogP) is 7.72. The molecule has 0 bridgehead atoms. The number of thioether (sulfide) groups is 1. The Morgan fingerprint density at radius 3 is 2.03 bits per heavy atom. The fourth-order valence-corrected chi connectivity index (χ4v) is 5.49. The molecule has 1 heterocycles. The number of amides is 1. The highest BCUT2D eigenvalue weighted by atomic mass is 32.2. The largest absolute Gasteiger partial charge is 0.447 e. The molecule has 0 aromatic carbocycles. The monoisotopic (exact) mass is 578 g/mol. The lowest BCUT2D eigenvalue weighted by molar-refractivity contribution is 0.00376. The van der Waals surface area contributed by atoms with Gasteiger partial charge in [-0.25, -0.2) is 4.79 Å². The third-order valence-electron chi connectivity index (χ3n) is 6.59. The molecule has 10 heteroatoms. The van der Waals surface area contributed by atoms with Crippen molar-refractivity contribution in [3.05, 3.63) is 11.6 Å². The van der Waals surface area contributed by atoms with Crippen molar-refractivity contribution in [3.8, 4) is 0 Å². The molecule has 0 aromatic heterocycles. The normalized spacial score (nSPS) is 14.7. The molecule has 1 aliphatic rings. The molecule has 0 aliphatic carbocycles. The number of unbranched alkanes of at least 4 members (excludes halogenated alkanes) is 15. The van der Waals surface area contributed by atoms with E-state index in [9.17, 15) is 9.69 Å². The molecule has 0 radical (unpaired) electrons. The summed E-state index contributed by atoms with van der Waals surface area (Å²) in [5, 5.41) is 4.82. The van der Waals surface area contributed by atoms with Gasteiger partial charge < -0.3 is 33.6 Å². The van der Waals surface area contributed by atoms with E-state index < -0.39 is 20.8 Å². The first-order valence-electron chi connectivity index (χ1n) is 14.9. The van der Waals surface area contributed by atoms with E-state index in [1.165, 1.54) is 97.0 Å². The maximum Gasteiger partial charge on any atom is 0.407 e. The molecule has 0 fully saturated rings. The van der Waals surface area contributed by atoms with Crippen molar-refractivity contribution in [3.63, 3.8) is 0 Å². The molecule has 2 atom stereocenters. The molecule has 1 aliphatic heterocycles. The number of hydrogen-bond acceptors (Lipinski definition) is 8. The van der Waals surface area contributed by atoms with Crippen LogP contribution in [0.5, 0.6) is 0 Å². The highest BCUT2D eigenvalue weighted by Crippen LogP contribution is 2.33. The minimum absolute atomic E-state index is 0.0558. The third-order valence-corrected chi connectivity index (χ3v) is 8.16. The fourth-order valence-electron chi connectivity index (χ4n) is 4.14. The Hall–Kier alpha value is -0.570. The van der Waals surface area contributed by atoms with Crippen LogP contribution in [0.3, 0.4) is 0 Å². The number of methoxy groups -OCH3 is 1. The van der Waals surface area contributed by atoms with Crippen LogP contribution in [0.15, 0.2) is 11.6 Å². The van der Waals surface area contributed by atoms with Crippen molar-refractivity contribution in [2.45, 2.75) is 116 Å². The van der Waals surface area contributed by atoms with E-state index in [1.54, 1.807) is 11.8 Å². The number of alkyl carbamates (subject to hydrolysis) is 1. The van der Waals surface area contributed by atoms with Crippen LogP contribution >= 0.6 is 20.4 Å². The Kier molecular flexibility index (Phi) is 24.9. The van der Waals surface area contributed by atoms with Crippen molar-refractivity contribution < 1.29 is 28.2 Å². The number of rotatable bonds is 27. The van der Waals surface area contributed by atoms with E-state index >= 15 is 0 Å². The molecular weight excluding hydrogens is 523 g/mol. The fraction of sp³-hybridized carbons (Fsp3) is 0.893. The summed E-state index contributed by atoms with van der Waals surface area (Å²) in [6, 6.07) is 0. The van der Waals surface area contributed by atoms with Crippen molar-refractivity contribution >= 4 is 26.5 Å². The van der Waals surface area contributed by atoms with Crippen molar-refractivity contribution in [1.29, 1.82) is 0 Å². The van der Waals surface area contributed by atoms with Gasteiger partial charge in [0.1, 0.15) is 12.7 Å². The lowest BCUT2D eigenvalue weighted by atomic mass is 10.0. The highest BCUT2D eigenvalue weighted by molar-refractivity contribution is 8.02. The van der Waals surface area contributed by atoms with E-state index in [0.717, 1.165) is 18.7 Å². The Balaban J connectivity index is 1.84. The van der Waals surface area contributed by atoms with Crippen LogP contribution in [0, 0.1) is 0 Å². The molecule has 2 N–H and O–H groups in total. The van der Waals surface area contributed by atoms with Gasteiger partial charge in [-0.1, -0.05) is 103 Å². The van der Waals surface area contributed by atoms with Gasteiger partial charge >= 0.3 is 14.7 Å². The van der Waals surface area contributed by atoms with Gasteiger partial charge in [-0.2, -0.15) is 0 Å². The van der Waals surface area contributed by atoms with E-state index in [2.05, 4.69) is 17.1 Å². The molecule has 0 saturated carbocycles. The summed E-state index contributed by atoms with van der Waals surface area (Å²) in [5.74, 6) is 0.901.